The lowest BCUT2D eigenvalue weighted by Gasteiger charge is -2.29. The van der Waals surface area contributed by atoms with Crippen LogP contribution in [0.3, 0.4) is 0 Å². The first-order chi connectivity index (χ1) is 15.1. The van der Waals surface area contributed by atoms with Crippen molar-refractivity contribution in [2.45, 2.75) is 18.9 Å². The molecule has 0 radical (unpaired) electrons. The van der Waals surface area contributed by atoms with E-state index in [2.05, 4.69) is 34.0 Å². The Morgan fingerprint density at radius 2 is 1.90 bits per heavy atom. The minimum atomic E-state index is -0.0640. The van der Waals surface area contributed by atoms with Crippen molar-refractivity contribution in [2.75, 3.05) is 25.5 Å². The van der Waals surface area contributed by atoms with Gasteiger partial charge in [0.25, 0.3) is 5.91 Å². The smallest absolute Gasteiger partial charge is 0.253 e. The number of piperidine rings is 1. The van der Waals surface area contributed by atoms with E-state index in [9.17, 15) is 4.79 Å². The van der Waals surface area contributed by atoms with Gasteiger partial charge in [-0.15, -0.1) is 11.3 Å². The molecule has 1 aliphatic rings. The highest BCUT2D eigenvalue weighted by Crippen LogP contribution is 2.37. The van der Waals surface area contributed by atoms with E-state index < -0.39 is 0 Å². The van der Waals surface area contributed by atoms with Crippen molar-refractivity contribution in [3.8, 4) is 0 Å². The summed E-state index contributed by atoms with van der Waals surface area (Å²) in [5.41, 5.74) is 2.10. The average Bonchev–Trinajstić information content (AvgIpc) is 3.27. The van der Waals surface area contributed by atoms with Crippen molar-refractivity contribution in [1.29, 1.82) is 0 Å². The lowest BCUT2D eigenvalue weighted by molar-refractivity contribution is 0.0918. The molecule has 5 rings (SSSR count). The van der Waals surface area contributed by atoms with Crippen molar-refractivity contribution in [1.82, 2.24) is 15.2 Å². The van der Waals surface area contributed by atoms with Gasteiger partial charge < -0.3 is 15.5 Å². The molecule has 1 amide bonds. The molecule has 5 nitrogen and oxygen atoms in total. The van der Waals surface area contributed by atoms with Gasteiger partial charge in [0, 0.05) is 16.8 Å². The summed E-state index contributed by atoms with van der Waals surface area (Å²) < 4.78 is 1.04. The zero-order valence-corrected chi connectivity index (χ0v) is 18.8. The number of likely N-dealkylation sites (tertiary alicyclic amines) is 1. The molecule has 0 unspecified atom stereocenters. The number of pyridine rings is 1. The standard InChI is InChI=1S/C24H23ClN4OS/c1-29-12-9-15(10-13-29)26-24(30)18-6-4-5-16-17-11-14-31-22(17)23(28-21(16)18)27-20-8-3-2-7-19(20)25/h2-8,11,14-15H,9-10,12-13H2,1H3,(H,26,30)(H,27,28). The van der Waals surface area contributed by atoms with Crippen LogP contribution in [0.1, 0.15) is 23.2 Å². The van der Waals surface area contributed by atoms with Crippen LogP contribution in [0.25, 0.3) is 21.0 Å². The summed E-state index contributed by atoms with van der Waals surface area (Å²) in [7, 11) is 2.12. The van der Waals surface area contributed by atoms with Crippen molar-refractivity contribution >= 4 is 61.3 Å². The Balaban J connectivity index is 1.55. The molecule has 0 saturated carbocycles. The number of halogens is 1. The molecule has 158 valence electrons. The average molecular weight is 451 g/mol. The van der Waals surface area contributed by atoms with E-state index in [1.165, 1.54) is 0 Å². The fourth-order valence-electron chi connectivity index (χ4n) is 4.12. The second kappa shape index (κ2) is 8.46. The highest BCUT2D eigenvalue weighted by molar-refractivity contribution is 7.18. The molecule has 0 spiro atoms. The molecule has 7 heteroatoms. The molecule has 1 saturated heterocycles. The summed E-state index contributed by atoms with van der Waals surface area (Å²) >= 11 is 7.99. The first-order valence-electron chi connectivity index (χ1n) is 10.4. The number of carbonyl (C=O) groups excluding carboxylic acids is 1. The van der Waals surface area contributed by atoms with Gasteiger partial charge in [0.1, 0.15) is 5.82 Å². The van der Waals surface area contributed by atoms with Crippen LogP contribution >= 0.6 is 22.9 Å². The van der Waals surface area contributed by atoms with Crippen LogP contribution in [0.2, 0.25) is 5.02 Å². The van der Waals surface area contributed by atoms with Gasteiger partial charge in [-0.2, -0.15) is 0 Å². The number of benzene rings is 2. The Labute approximate surface area is 190 Å². The lowest BCUT2D eigenvalue weighted by atomic mass is 10.0. The number of aromatic nitrogens is 1. The van der Waals surface area contributed by atoms with Crippen molar-refractivity contribution in [3.63, 3.8) is 0 Å². The number of amides is 1. The van der Waals surface area contributed by atoms with Crippen LogP contribution in [-0.4, -0.2) is 42.0 Å². The number of fused-ring (bicyclic) bond motifs is 3. The number of rotatable bonds is 4. The maximum atomic E-state index is 13.2. The number of nitrogens with one attached hydrogen (secondary N) is 2. The van der Waals surface area contributed by atoms with Crippen LogP contribution in [0.15, 0.2) is 53.9 Å². The molecule has 1 fully saturated rings. The zero-order chi connectivity index (χ0) is 21.4. The normalized spacial score (nSPS) is 15.4. The minimum absolute atomic E-state index is 0.0640. The summed E-state index contributed by atoms with van der Waals surface area (Å²) in [5, 5.41) is 11.3. The van der Waals surface area contributed by atoms with Crippen LogP contribution in [0.5, 0.6) is 0 Å². The van der Waals surface area contributed by atoms with Gasteiger partial charge in [0.05, 0.1) is 26.5 Å². The van der Waals surface area contributed by atoms with Gasteiger partial charge in [-0.25, -0.2) is 4.98 Å². The predicted molar refractivity (Wildman–Crippen MR) is 130 cm³/mol. The highest BCUT2D eigenvalue weighted by atomic mass is 35.5. The quantitative estimate of drug-likeness (QED) is 0.420. The number of nitrogens with zero attached hydrogens (tertiary/aromatic N) is 2. The largest absolute Gasteiger partial charge is 0.349 e. The van der Waals surface area contributed by atoms with Gasteiger partial charge in [-0.1, -0.05) is 35.9 Å². The van der Waals surface area contributed by atoms with Crippen LogP contribution in [-0.2, 0) is 0 Å². The SMILES string of the molecule is CN1CCC(NC(=O)c2cccc3c2nc(Nc2ccccc2Cl)c2sccc23)CC1. The first-order valence-corrected chi connectivity index (χ1v) is 11.7. The van der Waals surface area contributed by atoms with Crippen molar-refractivity contribution < 1.29 is 4.79 Å². The second-order valence-electron chi connectivity index (χ2n) is 7.98. The van der Waals surface area contributed by atoms with E-state index in [0.29, 0.717) is 21.9 Å². The molecule has 2 aromatic heterocycles. The lowest BCUT2D eigenvalue weighted by Crippen LogP contribution is -2.43. The van der Waals surface area contributed by atoms with Gasteiger partial charge in [-0.3, -0.25) is 4.79 Å². The molecule has 2 N–H and O–H groups in total. The molecular weight excluding hydrogens is 428 g/mol. The van der Waals surface area contributed by atoms with Crippen LogP contribution in [0.4, 0.5) is 11.5 Å². The van der Waals surface area contributed by atoms with Gasteiger partial charge in [0.15, 0.2) is 0 Å². The molecular formula is C24H23ClN4OS. The third-order valence-electron chi connectivity index (χ3n) is 5.86. The van der Waals surface area contributed by atoms with Crippen molar-refractivity contribution in [3.05, 3.63) is 64.5 Å². The zero-order valence-electron chi connectivity index (χ0n) is 17.2. The molecule has 1 aliphatic heterocycles. The molecule has 0 aliphatic carbocycles. The van der Waals surface area contributed by atoms with E-state index in [4.69, 9.17) is 16.6 Å². The summed E-state index contributed by atoms with van der Waals surface area (Å²) in [5.74, 6) is 0.649. The number of carbonyl (C=O) groups is 1. The topological polar surface area (TPSA) is 57.3 Å². The number of thiophene rings is 1. The van der Waals surface area contributed by atoms with Gasteiger partial charge >= 0.3 is 0 Å². The minimum Gasteiger partial charge on any atom is -0.349 e. The Bertz CT molecular complexity index is 1260. The highest BCUT2D eigenvalue weighted by Gasteiger charge is 2.21. The van der Waals surface area contributed by atoms with Gasteiger partial charge in [-0.05, 0) is 62.6 Å². The number of anilines is 2. The van der Waals surface area contributed by atoms with Crippen LogP contribution in [0, 0.1) is 0 Å². The molecule has 0 bridgehead atoms. The molecule has 2 aromatic carbocycles. The Hall–Kier alpha value is -2.67. The molecule has 0 atom stereocenters. The number of hydrogen-bond donors (Lipinski definition) is 2. The third-order valence-corrected chi connectivity index (χ3v) is 7.11. The Morgan fingerprint density at radius 3 is 2.71 bits per heavy atom. The third kappa shape index (κ3) is 3.99. The molecule has 4 aromatic rings. The summed E-state index contributed by atoms with van der Waals surface area (Å²) in [6.07, 6.45) is 1.93. The van der Waals surface area contributed by atoms with Crippen LogP contribution < -0.4 is 10.6 Å². The predicted octanol–water partition coefficient (Wildman–Crippen LogP) is 5.67. The Kier molecular flexibility index (Phi) is 5.52. The fourth-order valence-corrected chi connectivity index (χ4v) is 5.16. The van der Waals surface area contributed by atoms with Crippen molar-refractivity contribution in [2.24, 2.45) is 0 Å². The molecule has 3 heterocycles. The first kappa shape index (κ1) is 20.2. The summed E-state index contributed by atoms with van der Waals surface area (Å²) in [6.45, 7) is 2.00. The maximum Gasteiger partial charge on any atom is 0.253 e. The summed E-state index contributed by atoms with van der Waals surface area (Å²) in [6, 6.07) is 15.7. The second-order valence-corrected chi connectivity index (χ2v) is 9.30. The monoisotopic (exact) mass is 450 g/mol. The number of hydrogen-bond acceptors (Lipinski definition) is 5. The number of para-hydroxylation sites is 2. The van der Waals surface area contributed by atoms with Gasteiger partial charge in [0.2, 0.25) is 0 Å². The Morgan fingerprint density at radius 1 is 1.10 bits per heavy atom. The van der Waals surface area contributed by atoms with E-state index in [-0.39, 0.29) is 11.9 Å². The van der Waals surface area contributed by atoms with E-state index in [1.54, 1.807) is 11.3 Å². The summed E-state index contributed by atoms with van der Waals surface area (Å²) in [4.78, 5) is 20.4. The van der Waals surface area contributed by atoms with E-state index >= 15 is 0 Å². The molecule has 31 heavy (non-hydrogen) atoms. The maximum absolute atomic E-state index is 13.2. The van der Waals surface area contributed by atoms with E-state index in [1.807, 2.05) is 42.5 Å². The van der Waals surface area contributed by atoms with E-state index in [0.717, 1.165) is 47.1 Å². The fraction of sp³-hybridized carbons (Fsp3) is 0.250.